The van der Waals surface area contributed by atoms with E-state index in [1.54, 1.807) is 0 Å². The second kappa shape index (κ2) is 6.08. The van der Waals surface area contributed by atoms with Gasteiger partial charge in [-0.05, 0) is 48.9 Å². The van der Waals surface area contributed by atoms with E-state index in [9.17, 15) is 0 Å². The highest BCUT2D eigenvalue weighted by atomic mass is 35.5. The van der Waals surface area contributed by atoms with Crippen molar-refractivity contribution in [3.63, 3.8) is 0 Å². The summed E-state index contributed by atoms with van der Waals surface area (Å²) in [6.45, 7) is 5.56. The largest absolute Gasteiger partial charge is 0.310 e. The van der Waals surface area contributed by atoms with E-state index in [1.807, 2.05) is 12.1 Å². The minimum Gasteiger partial charge on any atom is -0.310 e. The predicted octanol–water partition coefficient (Wildman–Crippen LogP) is 4.96. The molecule has 1 unspecified atom stereocenters. The van der Waals surface area contributed by atoms with Gasteiger partial charge in [-0.15, -0.1) is 0 Å². The van der Waals surface area contributed by atoms with Gasteiger partial charge in [-0.3, -0.25) is 0 Å². The van der Waals surface area contributed by atoms with Gasteiger partial charge in [0.2, 0.25) is 0 Å². The molecule has 0 aromatic heterocycles. The lowest BCUT2D eigenvalue weighted by molar-refractivity contribution is 0.189. The summed E-state index contributed by atoms with van der Waals surface area (Å²) in [5, 5.41) is 4.53. The third kappa shape index (κ3) is 2.73. The van der Waals surface area contributed by atoms with Crippen molar-refractivity contribution < 1.29 is 0 Å². The van der Waals surface area contributed by atoms with E-state index in [0.29, 0.717) is 11.5 Å². The highest BCUT2D eigenvalue weighted by Gasteiger charge is 2.39. The molecule has 1 fully saturated rings. The fourth-order valence-electron chi connectivity index (χ4n) is 3.47. The summed E-state index contributed by atoms with van der Waals surface area (Å²) in [5.41, 5.74) is 1.84. The van der Waals surface area contributed by atoms with E-state index in [4.69, 9.17) is 11.6 Å². The summed E-state index contributed by atoms with van der Waals surface area (Å²) in [5.74, 6) is 0. The summed E-state index contributed by atoms with van der Waals surface area (Å²) in [4.78, 5) is 0. The van der Waals surface area contributed by atoms with Crippen LogP contribution in [0.3, 0.4) is 0 Å². The first kappa shape index (κ1) is 13.9. The molecule has 0 spiro atoms. The third-order valence-electron chi connectivity index (χ3n) is 4.53. The van der Waals surface area contributed by atoms with Crippen molar-refractivity contribution in [3.8, 4) is 0 Å². The molecule has 0 aliphatic heterocycles. The topological polar surface area (TPSA) is 12.0 Å². The van der Waals surface area contributed by atoms with Gasteiger partial charge in [0, 0.05) is 11.1 Å². The molecule has 2 rings (SSSR count). The monoisotopic (exact) mass is 265 g/mol. The van der Waals surface area contributed by atoms with Crippen LogP contribution in [0, 0.1) is 5.41 Å². The van der Waals surface area contributed by atoms with Gasteiger partial charge in [0.25, 0.3) is 0 Å². The Kier molecular flexibility index (Phi) is 4.69. The zero-order chi connectivity index (χ0) is 13.0. The molecule has 1 aliphatic rings. The summed E-state index contributed by atoms with van der Waals surface area (Å²) in [6, 6.07) is 8.88. The summed E-state index contributed by atoms with van der Waals surface area (Å²) < 4.78 is 0. The van der Waals surface area contributed by atoms with E-state index in [1.165, 1.54) is 37.7 Å². The Hall–Kier alpha value is -0.530. The van der Waals surface area contributed by atoms with Crippen LogP contribution < -0.4 is 5.32 Å². The minimum atomic E-state index is 0.448. The fourth-order valence-corrected chi connectivity index (χ4v) is 3.60. The van der Waals surface area contributed by atoms with Crippen LogP contribution in [0.1, 0.15) is 57.6 Å². The van der Waals surface area contributed by atoms with Crippen LogP contribution in [0.25, 0.3) is 0 Å². The second-order valence-electron chi connectivity index (χ2n) is 5.47. The van der Waals surface area contributed by atoms with E-state index < -0.39 is 0 Å². The summed E-state index contributed by atoms with van der Waals surface area (Å²) >= 11 is 6.00. The zero-order valence-electron chi connectivity index (χ0n) is 11.5. The van der Waals surface area contributed by atoms with E-state index in [2.05, 4.69) is 31.3 Å². The van der Waals surface area contributed by atoms with Gasteiger partial charge < -0.3 is 5.32 Å². The highest BCUT2D eigenvalue weighted by Crippen LogP contribution is 2.50. The number of hydrogen-bond acceptors (Lipinski definition) is 1. The van der Waals surface area contributed by atoms with E-state index >= 15 is 0 Å². The Bertz CT molecular complexity index is 365. The van der Waals surface area contributed by atoms with Crippen LogP contribution in [-0.2, 0) is 0 Å². The van der Waals surface area contributed by atoms with Crippen LogP contribution in [0.5, 0.6) is 0 Å². The van der Waals surface area contributed by atoms with Gasteiger partial charge >= 0.3 is 0 Å². The smallest absolute Gasteiger partial charge is 0.0406 e. The molecule has 0 heterocycles. The molecule has 1 saturated carbocycles. The zero-order valence-corrected chi connectivity index (χ0v) is 12.3. The predicted molar refractivity (Wildman–Crippen MR) is 79.1 cm³/mol. The van der Waals surface area contributed by atoms with Gasteiger partial charge in [-0.2, -0.15) is 0 Å². The van der Waals surface area contributed by atoms with Gasteiger partial charge in [0.1, 0.15) is 0 Å². The molecule has 1 aliphatic carbocycles. The summed E-state index contributed by atoms with van der Waals surface area (Å²) in [6.07, 6.45) is 6.72. The van der Waals surface area contributed by atoms with Crippen molar-refractivity contribution in [2.24, 2.45) is 5.41 Å². The maximum atomic E-state index is 6.00. The van der Waals surface area contributed by atoms with Gasteiger partial charge in [-0.1, -0.05) is 50.4 Å². The molecule has 1 atom stereocenters. The van der Waals surface area contributed by atoms with Crippen LogP contribution in [0.15, 0.2) is 24.3 Å². The van der Waals surface area contributed by atoms with Crippen LogP contribution >= 0.6 is 11.6 Å². The lowest BCUT2D eigenvalue weighted by Gasteiger charge is -2.38. The quantitative estimate of drug-likeness (QED) is 0.793. The Balaban J connectivity index is 2.29. The van der Waals surface area contributed by atoms with Gasteiger partial charge in [0.15, 0.2) is 0 Å². The van der Waals surface area contributed by atoms with Crippen molar-refractivity contribution in [1.82, 2.24) is 5.32 Å². The molecule has 1 N–H and O–H groups in total. The number of rotatable bonds is 5. The molecular formula is C16H24ClN. The van der Waals surface area contributed by atoms with Crippen molar-refractivity contribution in [2.75, 3.05) is 6.54 Å². The van der Waals surface area contributed by atoms with Crippen LogP contribution in [0.2, 0.25) is 5.02 Å². The molecule has 1 nitrogen and oxygen atoms in total. The maximum Gasteiger partial charge on any atom is 0.0406 e. The van der Waals surface area contributed by atoms with Crippen LogP contribution in [0.4, 0.5) is 0 Å². The molecule has 2 heteroatoms. The first-order valence-corrected chi connectivity index (χ1v) is 7.58. The Morgan fingerprint density at radius 3 is 2.28 bits per heavy atom. The Morgan fingerprint density at radius 2 is 1.78 bits per heavy atom. The molecule has 18 heavy (non-hydrogen) atoms. The molecule has 0 radical (unpaired) electrons. The lowest BCUT2D eigenvalue weighted by Crippen LogP contribution is -2.36. The van der Waals surface area contributed by atoms with Gasteiger partial charge in [0.05, 0.1) is 0 Å². The van der Waals surface area contributed by atoms with Crippen LogP contribution in [-0.4, -0.2) is 6.54 Å². The average molecular weight is 266 g/mol. The van der Waals surface area contributed by atoms with Gasteiger partial charge in [-0.25, -0.2) is 0 Å². The first-order valence-electron chi connectivity index (χ1n) is 7.20. The lowest BCUT2D eigenvalue weighted by atomic mass is 9.73. The SMILES string of the molecule is CCNC(c1ccc(Cl)cc1)C1(CC)CCCC1. The first-order chi connectivity index (χ1) is 8.72. The minimum absolute atomic E-state index is 0.448. The normalized spacial score (nSPS) is 19.9. The van der Waals surface area contributed by atoms with E-state index in [-0.39, 0.29) is 0 Å². The molecule has 0 amide bonds. The molecule has 1 aromatic rings. The highest BCUT2D eigenvalue weighted by molar-refractivity contribution is 6.30. The van der Waals surface area contributed by atoms with Crippen molar-refractivity contribution >= 4 is 11.6 Å². The second-order valence-corrected chi connectivity index (χ2v) is 5.90. The Labute approximate surface area is 116 Å². The van der Waals surface area contributed by atoms with Crippen molar-refractivity contribution in [1.29, 1.82) is 0 Å². The Morgan fingerprint density at radius 1 is 1.17 bits per heavy atom. The number of benzene rings is 1. The van der Waals surface area contributed by atoms with Crippen molar-refractivity contribution in [2.45, 2.75) is 52.0 Å². The maximum absolute atomic E-state index is 6.00. The standard InChI is InChI=1S/C16H24ClN/c1-3-16(11-5-6-12-16)15(18-4-2)13-7-9-14(17)10-8-13/h7-10,15,18H,3-6,11-12H2,1-2H3. The molecule has 100 valence electrons. The number of hydrogen-bond donors (Lipinski definition) is 1. The molecule has 1 aromatic carbocycles. The van der Waals surface area contributed by atoms with Crippen molar-refractivity contribution in [3.05, 3.63) is 34.9 Å². The molecule has 0 saturated heterocycles. The molecular weight excluding hydrogens is 242 g/mol. The summed E-state index contributed by atoms with van der Waals surface area (Å²) in [7, 11) is 0. The number of nitrogens with one attached hydrogen (secondary N) is 1. The third-order valence-corrected chi connectivity index (χ3v) is 4.78. The van der Waals surface area contributed by atoms with E-state index in [0.717, 1.165) is 11.6 Å². The average Bonchev–Trinajstić information content (AvgIpc) is 2.87. The number of halogens is 1. The molecule has 0 bridgehead atoms. The fraction of sp³-hybridized carbons (Fsp3) is 0.625.